The Kier molecular flexibility index (Phi) is 4.35. The number of nitriles is 1. The molecule has 5 nitrogen and oxygen atoms in total. The molecule has 5 heteroatoms. The minimum Gasteiger partial charge on any atom is -0.370 e. The first kappa shape index (κ1) is 12.6. The van der Waals surface area contributed by atoms with Crippen LogP contribution in [-0.4, -0.2) is 23.1 Å². The Hall–Kier alpha value is -1.83. The highest BCUT2D eigenvalue weighted by molar-refractivity contribution is 5.47. The quantitative estimate of drug-likeness (QED) is 0.752. The highest BCUT2D eigenvalue weighted by Gasteiger charge is 2.16. The summed E-state index contributed by atoms with van der Waals surface area (Å²) in [5.41, 5.74) is 0. The molecule has 0 atom stereocenters. The van der Waals surface area contributed by atoms with E-state index in [0.29, 0.717) is 11.6 Å². The number of aromatic nitrogens is 2. The number of aryl methyl sites for hydroxylation is 1. The zero-order valence-electron chi connectivity index (χ0n) is 10.7. The molecular weight excluding hydrogens is 226 g/mol. The summed E-state index contributed by atoms with van der Waals surface area (Å²) < 4.78 is 0. The summed E-state index contributed by atoms with van der Waals surface area (Å²) >= 11 is 0. The van der Waals surface area contributed by atoms with Crippen LogP contribution in [0.5, 0.6) is 0 Å². The monoisotopic (exact) mass is 245 g/mol. The van der Waals surface area contributed by atoms with E-state index in [2.05, 4.69) is 20.6 Å². The van der Waals surface area contributed by atoms with E-state index in [1.807, 2.05) is 19.1 Å². The molecule has 0 bridgehead atoms. The maximum Gasteiger partial charge on any atom is 0.132 e. The van der Waals surface area contributed by atoms with Gasteiger partial charge in [-0.05, 0) is 19.3 Å². The van der Waals surface area contributed by atoms with Crippen LogP contribution in [0, 0.1) is 24.2 Å². The molecule has 0 aliphatic heterocycles. The Balaban J connectivity index is 1.86. The average molecular weight is 245 g/mol. The summed E-state index contributed by atoms with van der Waals surface area (Å²) in [6.45, 7) is 3.07. The zero-order valence-corrected chi connectivity index (χ0v) is 10.7. The van der Waals surface area contributed by atoms with Crippen molar-refractivity contribution in [1.29, 1.82) is 5.26 Å². The fourth-order valence-corrected chi connectivity index (χ4v) is 2.06. The molecule has 1 heterocycles. The van der Waals surface area contributed by atoms with Crippen LogP contribution in [0.3, 0.4) is 0 Å². The SMILES string of the molecule is Cc1nc(NCC#N)cc(NCCC2CCC2)n1. The number of nitrogens with zero attached hydrogens (tertiary/aromatic N) is 3. The van der Waals surface area contributed by atoms with Gasteiger partial charge in [-0.15, -0.1) is 0 Å². The number of rotatable bonds is 6. The molecule has 2 rings (SSSR count). The van der Waals surface area contributed by atoms with Crippen LogP contribution in [0.25, 0.3) is 0 Å². The lowest BCUT2D eigenvalue weighted by atomic mass is 9.83. The minimum atomic E-state index is 0.262. The van der Waals surface area contributed by atoms with Crippen molar-refractivity contribution in [2.45, 2.75) is 32.6 Å². The topological polar surface area (TPSA) is 73.6 Å². The Morgan fingerprint density at radius 2 is 2.06 bits per heavy atom. The van der Waals surface area contributed by atoms with Gasteiger partial charge in [-0.1, -0.05) is 19.3 Å². The van der Waals surface area contributed by atoms with Gasteiger partial charge in [0.1, 0.15) is 24.0 Å². The van der Waals surface area contributed by atoms with Gasteiger partial charge >= 0.3 is 0 Å². The summed E-state index contributed by atoms with van der Waals surface area (Å²) in [7, 11) is 0. The molecule has 1 aliphatic carbocycles. The molecule has 1 fully saturated rings. The van der Waals surface area contributed by atoms with Gasteiger partial charge in [0.25, 0.3) is 0 Å². The second-order valence-corrected chi connectivity index (χ2v) is 4.71. The van der Waals surface area contributed by atoms with Gasteiger partial charge in [0, 0.05) is 12.6 Å². The van der Waals surface area contributed by atoms with Crippen molar-refractivity contribution >= 4 is 11.6 Å². The van der Waals surface area contributed by atoms with Gasteiger partial charge in [-0.2, -0.15) is 5.26 Å². The first-order chi connectivity index (χ1) is 8.78. The standard InChI is InChI=1S/C13H19N5/c1-10-17-12(9-13(18-10)16-8-6-14)15-7-5-11-3-2-4-11/h9,11H,2-5,7-8H2,1H3,(H2,15,16,17,18). The van der Waals surface area contributed by atoms with Crippen molar-refractivity contribution in [3.8, 4) is 6.07 Å². The zero-order chi connectivity index (χ0) is 12.8. The molecule has 1 aromatic heterocycles. The highest BCUT2D eigenvalue weighted by atomic mass is 15.1. The summed E-state index contributed by atoms with van der Waals surface area (Å²) in [6, 6.07) is 3.89. The fourth-order valence-electron chi connectivity index (χ4n) is 2.06. The summed E-state index contributed by atoms with van der Waals surface area (Å²) in [6.07, 6.45) is 5.35. The van der Waals surface area contributed by atoms with E-state index in [9.17, 15) is 0 Å². The Bertz CT molecular complexity index is 433. The van der Waals surface area contributed by atoms with Gasteiger partial charge in [0.05, 0.1) is 6.07 Å². The lowest BCUT2D eigenvalue weighted by Gasteiger charge is -2.25. The molecule has 1 aliphatic rings. The summed E-state index contributed by atoms with van der Waals surface area (Å²) in [4.78, 5) is 8.57. The van der Waals surface area contributed by atoms with Crippen LogP contribution in [0.4, 0.5) is 11.6 Å². The Labute approximate surface area is 108 Å². The smallest absolute Gasteiger partial charge is 0.132 e. The van der Waals surface area contributed by atoms with Gasteiger partial charge in [0.15, 0.2) is 0 Å². The third-order valence-corrected chi connectivity index (χ3v) is 3.27. The second kappa shape index (κ2) is 6.20. The molecular formula is C13H19N5. The molecule has 0 spiro atoms. The molecule has 0 amide bonds. The predicted molar refractivity (Wildman–Crippen MR) is 71.3 cm³/mol. The molecule has 0 unspecified atom stereocenters. The van der Waals surface area contributed by atoms with E-state index in [-0.39, 0.29) is 6.54 Å². The number of hydrogen-bond acceptors (Lipinski definition) is 5. The van der Waals surface area contributed by atoms with E-state index >= 15 is 0 Å². The van der Waals surface area contributed by atoms with Crippen molar-refractivity contribution in [2.75, 3.05) is 23.7 Å². The molecule has 0 saturated heterocycles. The lowest BCUT2D eigenvalue weighted by Crippen LogP contribution is -2.16. The lowest BCUT2D eigenvalue weighted by molar-refractivity contribution is 0.303. The van der Waals surface area contributed by atoms with E-state index in [1.54, 1.807) is 0 Å². The van der Waals surface area contributed by atoms with E-state index in [4.69, 9.17) is 5.26 Å². The van der Waals surface area contributed by atoms with Crippen molar-refractivity contribution < 1.29 is 0 Å². The van der Waals surface area contributed by atoms with Gasteiger partial charge in [-0.3, -0.25) is 0 Å². The normalized spacial score (nSPS) is 14.7. The third kappa shape index (κ3) is 3.59. The Morgan fingerprint density at radius 3 is 2.67 bits per heavy atom. The van der Waals surface area contributed by atoms with Crippen LogP contribution >= 0.6 is 0 Å². The number of nitrogens with one attached hydrogen (secondary N) is 2. The third-order valence-electron chi connectivity index (χ3n) is 3.27. The van der Waals surface area contributed by atoms with Crippen LogP contribution in [0.15, 0.2) is 6.07 Å². The Morgan fingerprint density at radius 1 is 1.33 bits per heavy atom. The molecule has 0 radical (unpaired) electrons. The van der Waals surface area contributed by atoms with Crippen LogP contribution in [0.1, 0.15) is 31.5 Å². The maximum absolute atomic E-state index is 8.53. The summed E-state index contributed by atoms with van der Waals surface area (Å²) in [5.74, 6) is 3.15. The molecule has 0 aromatic carbocycles. The van der Waals surface area contributed by atoms with E-state index in [0.717, 1.165) is 18.3 Å². The average Bonchev–Trinajstić information content (AvgIpc) is 2.29. The van der Waals surface area contributed by atoms with Crippen LogP contribution in [0.2, 0.25) is 0 Å². The fraction of sp³-hybridized carbons (Fsp3) is 0.615. The number of hydrogen-bond donors (Lipinski definition) is 2. The molecule has 1 aromatic rings. The first-order valence-corrected chi connectivity index (χ1v) is 6.48. The molecule has 96 valence electrons. The van der Waals surface area contributed by atoms with Crippen LogP contribution in [-0.2, 0) is 0 Å². The van der Waals surface area contributed by atoms with E-state index in [1.165, 1.54) is 25.7 Å². The van der Waals surface area contributed by atoms with Gasteiger partial charge in [0.2, 0.25) is 0 Å². The molecule has 2 N–H and O–H groups in total. The maximum atomic E-state index is 8.53. The second-order valence-electron chi connectivity index (χ2n) is 4.71. The van der Waals surface area contributed by atoms with E-state index < -0.39 is 0 Å². The minimum absolute atomic E-state index is 0.262. The van der Waals surface area contributed by atoms with Crippen molar-refractivity contribution in [2.24, 2.45) is 5.92 Å². The van der Waals surface area contributed by atoms with Crippen molar-refractivity contribution in [3.05, 3.63) is 11.9 Å². The van der Waals surface area contributed by atoms with Gasteiger partial charge in [-0.25, -0.2) is 9.97 Å². The molecule has 18 heavy (non-hydrogen) atoms. The highest BCUT2D eigenvalue weighted by Crippen LogP contribution is 2.29. The van der Waals surface area contributed by atoms with Gasteiger partial charge < -0.3 is 10.6 Å². The van der Waals surface area contributed by atoms with Crippen LogP contribution < -0.4 is 10.6 Å². The number of anilines is 2. The summed E-state index contributed by atoms with van der Waals surface area (Å²) in [5, 5.41) is 14.8. The largest absolute Gasteiger partial charge is 0.370 e. The first-order valence-electron chi connectivity index (χ1n) is 6.48. The van der Waals surface area contributed by atoms with Crippen molar-refractivity contribution in [1.82, 2.24) is 9.97 Å². The molecule has 1 saturated carbocycles. The van der Waals surface area contributed by atoms with Crippen molar-refractivity contribution in [3.63, 3.8) is 0 Å². The predicted octanol–water partition coefficient (Wildman–Crippen LogP) is 2.32.